The van der Waals surface area contributed by atoms with Crippen molar-refractivity contribution in [1.82, 2.24) is 24.2 Å². The Kier molecular flexibility index (Phi) is 4.62. The zero-order chi connectivity index (χ0) is 18.1. The average molecular weight is 345 g/mol. The van der Waals surface area contributed by atoms with E-state index < -0.39 is 29.2 Å². The number of halogens is 3. The molecule has 130 valence electrons. The summed E-state index contributed by atoms with van der Waals surface area (Å²) in [5.41, 5.74) is -1.57. The Bertz CT molecular complexity index is 878. The molecule has 2 rings (SSSR count). The number of pyridine rings is 1. The Balaban J connectivity index is 2.08. The van der Waals surface area contributed by atoms with Gasteiger partial charge in [-0.2, -0.15) is 13.2 Å². The van der Waals surface area contributed by atoms with Crippen LogP contribution >= 0.6 is 0 Å². The highest BCUT2D eigenvalue weighted by Crippen LogP contribution is 2.25. The summed E-state index contributed by atoms with van der Waals surface area (Å²) in [6.45, 7) is -0.424. The standard InChI is InChI=1S/C13H14F3N5O3/c1-19-6-3-4-8(10(19)23)9(22)17-5-7-21-12(24)20(2)11(18-21)13(14,15)16/h3-4,6H,5,7H2,1-2H3,(H,17,22). The molecule has 8 nitrogen and oxygen atoms in total. The predicted molar refractivity (Wildman–Crippen MR) is 76.5 cm³/mol. The number of aryl methyl sites for hydroxylation is 1. The highest BCUT2D eigenvalue weighted by atomic mass is 19.4. The number of hydrogen-bond donors (Lipinski definition) is 1. The Hall–Kier alpha value is -2.85. The molecule has 11 heteroatoms. The monoisotopic (exact) mass is 345 g/mol. The number of nitrogens with zero attached hydrogens (tertiary/aromatic N) is 4. The molecule has 0 saturated carbocycles. The topological polar surface area (TPSA) is 90.9 Å². The first-order valence-corrected chi connectivity index (χ1v) is 6.78. The van der Waals surface area contributed by atoms with Gasteiger partial charge < -0.3 is 9.88 Å². The van der Waals surface area contributed by atoms with E-state index in [1.165, 1.54) is 29.9 Å². The summed E-state index contributed by atoms with van der Waals surface area (Å²) in [6.07, 6.45) is -3.27. The molecule has 0 spiro atoms. The normalized spacial score (nSPS) is 11.5. The fourth-order valence-electron chi connectivity index (χ4n) is 2.02. The first-order valence-electron chi connectivity index (χ1n) is 6.78. The molecule has 0 aliphatic rings. The van der Waals surface area contributed by atoms with Gasteiger partial charge in [0.2, 0.25) is 5.82 Å². The third-order valence-corrected chi connectivity index (χ3v) is 3.27. The largest absolute Gasteiger partial charge is 0.451 e. The van der Waals surface area contributed by atoms with Crippen LogP contribution in [0.3, 0.4) is 0 Å². The zero-order valence-electron chi connectivity index (χ0n) is 12.8. The first-order chi connectivity index (χ1) is 11.1. The number of rotatable bonds is 4. The number of hydrogen-bond acceptors (Lipinski definition) is 4. The molecule has 1 N–H and O–H groups in total. The van der Waals surface area contributed by atoms with Gasteiger partial charge in [-0.25, -0.2) is 9.48 Å². The van der Waals surface area contributed by atoms with E-state index in [0.29, 0.717) is 9.25 Å². The van der Waals surface area contributed by atoms with Crippen LogP contribution in [-0.2, 0) is 26.8 Å². The highest BCUT2D eigenvalue weighted by Gasteiger charge is 2.37. The van der Waals surface area contributed by atoms with Crippen LogP contribution in [0.25, 0.3) is 0 Å². The van der Waals surface area contributed by atoms with Gasteiger partial charge in [0.05, 0.1) is 6.54 Å². The quantitative estimate of drug-likeness (QED) is 0.826. The van der Waals surface area contributed by atoms with Crippen LogP contribution in [-0.4, -0.2) is 31.4 Å². The molecule has 0 bridgehead atoms. The van der Waals surface area contributed by atoms with E-state index in [9.17, 15) is 27.6 Å². The number of carbonyl (C=O) groups excluding carboxylic acids is 1. The van der Waals surface area contributed by atoms with Crippen molar-refractivity contribution in [2.24, 2.45) is 14.1 Å². The summed E-state index contributed by atoms with van der Waals surface area (Å²) < 4.78 is 40.2. The van der Waals surface area contributed by atoms with Crippen molar-refractivity contribution in [2.75, 3.05) is 6.54 Å². The number of aromatic nitrogens is 4. The van der Waals surface area contributed by atoms with E-state index in [1.54, 1.807) is 0 Å². The maximum absolute atomic E-state index is 12.7. The number of nitrogens with one attached hydrogen (secondary N) is 1. The maximum atomic E-state index is 12.7. The lowest BCUT2D eigenvalue weighted by molar-refractivity contribution is -0.147. The lowest BCUT2D eigenvalue weighted by Gasteiger charge is -2.05. The number of alkyl halides is 3. The van der Waals surface area contributed by atoms with Gasteiger partial charge in [-0.15, -0.1) is 5.10 Å². The molecular weight excluding hydrogens is 331 g/mol. The second kappa shape index (κ2) is 6.34. The van der Waals surface area contributed by atoms with E-state index in [1.807, 2.05) is 0 Å². The third kappa shape index (κ3) is 3.39. The third-order valence-electron chi connectivity index (χ3n) is 3.27. The molecule has 0 aliphatic heterocycles. The molecule has 0 radical (unpaired) electrons. The average Bonchev–Trinajstić information content (AvgIpc) is 2.78. The van der Waals surface area contributed by atoms with Gasteiger partial charge in [-0.3, -0.25) is 14.2 Å². The second-order valence-electron chi connectivity index (χ2n) is 4.98. The number of amides is 1. The van der Waals surface area contributed by atoms with Gasteiger partial charge in [0.25, 0.3) is 11.5 Å². The summed E-state index contributed by atoms with van der Waals surface area (Å²) in [5, 5.41) is 5.57. The Labute approximate surface area is 133 Å². The van der Waals surface area contributed by atoms with Crippen molar-refractivity contribution < 1.29 is 18.0 Å². The molecule has 2 heterocycles. The minimum atomic E-state index is -4.75. The Morgan fingerprint density at radius 3 is 2.54 bits per heavy atom. The minimum absolute atomic E-state index is 0.107. The van der Waals surface area contributed by atoms with Crippen LogP contribution < -0.4 is 16.6 Å². The van der Waals surface area contributed by atoms with E-state index in [2.05, 4.69) is 10.4 Å². The van der Waals surface area contributed by atoms with E-state index in [-0.39, 0.29) is 18.7 Å². The van der Waals surface area contributed by atoms with Gasteiger partial charge in [0.15, 0.2) is 0 Å². The Morgan fingerprint density at radius 2 is 1.96 bits per heavy atom. The van der Waals surface area contributed by atoms with Crippen molar-refractivity contribution in [1.29, 1.82) is 0 Å². The summed E-state index contributed by atoms with van der Waals surface area (Å²) in [4.78, 5) is 35.3. The first kappa shape index (κ1) is 17.5. The van der Waals surface area contributed by atoms with Crippen LogP contribution in [0.2, 0.25) is 0 Å². The fraction of sp³-hybridized carbons (Fsp3) is 0.385. The van der Waals surface area contributed by atoms with Crippen LogP contribution in [0.1, 0.15) is 16.2 Å². The van der Waals surface area contributed by atoms with Gasteiger partial charge in [-0.1, -0.05) is 0 Å². The van der Waals surface area contributed by atoms with Crippen molar-refractivity contribution in [3.63, 3.8) is 0 Å². The van der Waals surface area contributed by atoms with Crippen molar-refractivity contribution >= 4 is 5.91 Å². The van der Waals surface area contributed by atoms with Gasteiger partial charge in [0.1, 0.15) is 5.56 Å². The molecule has 24 heavy (non-hydrogen) atoms. The highest BCUT2D eigenvalue weighted by molar-refractivity contribution is 5.93. The van der Waals surface area contributed by atoms with Gasteiger partial charge in [-0.05, 0) is 12.1 Å². The molecule has 2 aromatic heterocycles. The summed E-state index contributed by atoms with van der Waals surface area (Å²) in [5.74, 6) is -2.01. The van der Waals surface area contributed by atoms with Crippen LogP contribution in [0.4, 0.5) is 13.2 Å². The molecule has 0 aromatic carbocycles. The molecule has 0 atom stereocenters. The lowest BCUT2D eigenvalue weighted by atomic mass is 10.2. The van der Waals surface area contributed by atoms with Crippen LogP contribution in [0.15, 0.2) is 27.9 Å². The fourth-order valence-corrected chi connectivity index (χ4v) is 2.02. The zero-order valence-corrected chi connectivity index (χ0v) is 12.8. The second-order valence-corrected chi connectivity index (χ2v) is 4.98. The minimum Gasteiger partial charge on any atom is -0.350 e. The van der Waals surface area contributed by atoms with Crippen LogP contribution in [0.5, 0.6) is 0 Å². The van der Waals surface area contributed by atoms with Crippen LogP contribution in [0, 0.1) is 0 Å². The molecule has 0 saturated heterocycles. The molecule has 0 unspecified atom stereocenters. The summed E-state index contributed by atoms with van der Waals surface area (Å²) in [6, 6.07) is 2.83. The summed E-state index contributed by atoms with van der Waals surface area (Å²) in [7, 11) is 2.44. The molecule has 2 aromatic rings. The molecular formula is C13H14F3N5O3. The molecule has 0 aliphatic carbocycles. The molecule has 1 amide bonds. The van der Waals surface area contributed by atoms with Crippen molar-refractivity contribution in [2.45, 2.75) is 12.7 Å². The number of carbonyl (C=O) groups is 1. The Morgan fingerprint density at radius 1 is 1.29 bits per heavy atom. The van der Waals surface area contributed by atoms with Gasteiger partial charge >= 0.3 is 11.9 Å². The van der Waals surface area contributed by atoms with Crippen molar-refractivity contribution in [3.05, 3.63) is 50.6 Å². The van der Waals surface area contributed by atoms with E-state index in [0.717, 1.165) is 7.05 Å². The van der Waals surface area contributed by atoms with E-state index in [4.69, 9.17) is 0 Å². The SMILES string of the molecule is Cn1cccc(C(=O)NCCn2nc(C(F)(F)F)n(C)c2=O)c1=O. The lowest BCUT2D eigenvalue weighted by Crippen LogP contribution is -2.35. The van der Waals surface area contributed by atoms with E-state index >= 15 is 0 Å². The van der Waals surface area contributed by atoms with Gasteiger partial charge in [0, 0.05) is 26.8 Å². The summed E-state index contributed by atoms with van der Waals surface area (Å²) >= 11 is 0. The predicted octanol–water partition coefficient (Wildman–Crippen LogP) is -0.271. The molecule has 0 fully saturated rings. The smallest absolute Gasteiger partial charge is 0.350 e. The van der Waals surface area contributed by atoms with Crippen molar-refractivity contribution in [3.8, 4) is 0 Å². The maximum Gasteiger partial charge on any atom is 0.451 e.